The van der Waals surface area contributed by atoms with Gasteiger partial charge in [-0.2, -0.15) is 18.3 Å². The average Bonchev–Trinajstić information content (AvgIpc) is 3.14. The normalized spacial score (nSPS) is 11.6. The van der Waals surface area contributed by atoms with Gasteiger partial charge in [0.15, 0.2) is 11.3 Å². The second-order valence-electron chi connectivity index (χ2n) is 6.27. The van der Waals surface area contributed by atoms with E-state index in [1.807, 2.05) is 0 Å². The highest BCUT2D eigenvalue weighted by Crippen LogP contribution is 2.33. The third-order valence-electron chi connectivity index (χ3n) is 4.25. The van der Waals surface area contributed by atoms with Crippen molar-refractivity contribution in [1.82, 2.24) is 14.6 Å². The number of halogens is 5. The molecule has 0 radical (unpaired) electrons. The highest BCUT2D eigenvalue weighted by atomic mass is 35.5. The van der Waals surface area contributed by atoms with E-state index in [1.54, 1.807) is 30.3 Å². The fourth-order valence-electron chi connectivity index (χ4n) is 2.85. The summed E-state index contributed by atoms with van der Waals surface area (Å²) in [5, 5.41) is 6.83. The lowest BCUT2D eigenvalue weighted by molar-refractivity contribution is -0.142. The van der Waals surface area contributed by atoms with Crippen LogP contribution in [0.25, 0.3) is 16.9 Å². The van der Waals surface area contributed by atoms with E-state index < -0.39 is 17.8 Å². The SMILES string of the molecule is O=C(Nc1ccc(Cl)c(Cl)c1)c1cnn2c(C(F)(F)F)cc(-c3ccccc3)nc12. The van der Waals surface area contributed by atoms with E-state index >= 15 is 0 Å². The van der Waals surface area contributed by atoms with Gasteiger partial charge in [-0.3, -0.25) is 4.79 Å². The Morgan fingerprint density at radius 3 is 2.40 bits per heavy atom. The van der Waals surface area contributed by atoms with E-state index in [4.69, 9.17) is 23.2 Å². The molecule has 1 amide bonds. The highest BCUT2D eigenvalue weighted by molar-refractivity contribution is 6.42. The zero-order valence-electron chi connectivity index (χ0n) is 14.9. The number of nitrogens with one attached hydrogen (secondary N) is 1. The van der Waals surface area contributed by atoms with Crippen LogP contribution in [0.2, 0.25) is 10.0 Å². The first-order valence-electron chi connectivity index (χ1n) is 8.52. The Morgan fingerprint density at radius 1 is 1.00 bits per heavy atom. The van der Waals surface area contributed by atoms with Gasteiger partial charge in [0.1, 0.15) is 5.56 Å². The first-order chi connectivity index (χ1) is 14.2. The van der Waals surface area contributed by atoms with Gasteiger partial charge in [0, 0.05) is 11.3 Å². The molecule has 2 heterocycles. The fraction of sp³-hybridized carbons (Fsp3) is 0.0500. The Morgan fingerprint density at radius 2 is 1.73 bits per heavy atom. The molecule has 4 rings (SSSR count). The van der Waals surface area contributed by atoms with E-state index in [-0.39, 0.29) is 21.9 Å². The first kappa shape index (κ1) is 20.2. The minimum Gasteiger partial charge on any atom is -0.322 e. The molecule has 2 aromatic heterocycles. The number of rotatable bonds is 3. The molecule has 0 aliphatic heterocycles. The Balaban J connectivity index is 1.82. The third-order valence-corrected chi connectivity index (χ3v) is 4.99. The number of alkyl halides is 3. The van der Waals surface area contributed by atoms with Crippen molar-refractivity contribution in [2.24, 2.45) is 0 Å². The zero-order valence-corrected chi connectivity index (χ0v) is 16.4. The van der Waals surface area contributed by atoms with Gasteiger partial charge in [-0.25, -0.2) is 9.50 Å². The van der Waals surface area contributed by atoms with Gasteiger partial charge >= 0.3 is 6.18 Å². The maximum atomic E-state index is 13.6. The topological polar surface area (TPSA) is 59.3 Å². The molecular formula is C20H11Cl2F3N4O. The van der Waals surface area contributed by atoms with E-state index in [0.29, 0.717) is 20.8 Å². The molecule has 0 unspecified atom stereocenters. The summed E-state index contributed by atoms with van der Waals surface area (Å²) in [6, 6.07) is 13.7. The number of anilines is 1. The molecule has 1 N–H and O–H groups in total. The van der Waals surface area contributed by atoms with E-state index in [2.05, 4.69) is 15.4 Å². The van der Waals surface area contributed by atoms with Crippen molar-refractivity contribution in [2.75, 3.05) is 5.32 Å². The van der Waals surface area contributed by atoms with Crippen LogP contribution in [0.1, 0.15) is 16.1 Å². The third kappa shape index (κ3) is 3.83. The maximum Gasteiger partial charge on any atom is 0.433 e. The van der Waals surface area contributed by atoms with Gasteiger partial charge in [-0.15, -0.1) is 0 Å². The summed E-state index contributed by atoms with van der Waals surface area (Å²) in [4.78, 5) is 17.0. The number of amides is 1. The molecule has 0 saturated heterocycles. The highest BCUT2D eigenvalue weighted by Gasteiger charge is 2.36. The van der Waals surface area contributed by atoms with Crippen molar-refractivity contribution in [3.63, 3.8) is 0 Å². The Labute approximate surface area is 178 Å². The first-order valence-corrected chi connectivity index (χ1v) is 9.27. The number of carbonyl (C=O) groups is 1. The molecule has 0 saturated carbocycles. The summed E-state index contributed by atoms with van der Waals surface area (Å²) >= 11 is 11.8. The molecule has 5 nitrogen and oxygen atoms in total. The van der Waals surface area contributed by atoms with Gasteiger partial charge in [0.25, 0.3) is 5.91 Å². The monoisotopic (exact) mass is 450 g/mol. The van der Waals surface area contributed by atoms with Crippen LogP contribution in [-0.2, 0) is 6.18 Å². The lowest BCUT2D eigenvalue weighted by atomic mass is 10.1. The number of hydrogen-bond donors (Lipinski definition) is 1. The van der Waals surface area contributed by atoms with Crippen molar-refractivity contribution in [3.8, 4) is 11.3 Å². The van der Waals surface area contributed by atoms with Gasteiger partial charge < -0.3 is 5.32 Å². The van der Waals surface area contributed by atoms with Crippen LogP contribution in [0.5, 0.6) is 0 Å². The predicted molar refractivity (Wildman–Crippen MR) is 108 cm³/mol. The summed E-state index contributed by atoms with van der Waals surface area (Å²) < 4.78 is 41.5. The largest absolute Gasteiger partial charge is 0.433 e. The molecule has 0 spiro atoms. The molecule has 0 atom stereocenters. The molecule has 0 bridgehead atoms. The van der Waals surface area contributed by atoms with Crippen LogP contribution < -0.4 is 5.32 Å². The molecule has 30 heavy (non-hydrogen) atoms. The van der Waals surface area contributed by atoms with Gasteiger partial charge in [-0.1, -0.05) is 53.5 Å². The van der Waals surface area contributed by atoms with Crippen LogP contribution in [-0.4, -0.2) is 20.5 Å². The van der Waals surface area contributed by atoms with Crippen LogP contribution in [0.3, 0.4) is 0 Å². The summed E-state index contributed by atoms with van der Waals surface area (Å²) in [7, 11) is 0. The smallest absolute Gasteiger partial charge is 0.322 e. The molecule has 0 aliphatic carbocycles. The van der Waals surface area contributed by atoms with Crippen molar-refractivity contribution in [2.45, 2.75) is 6.18 Å². The minimum absolute atomic E-state index is 0.0690. The van der Waals surface area contributed by atoms with Crippen LogP contribution in [0.15, 0.2) is 60.8 Å². The number of nitrogens with zero attached hydrogens (tertiary/aromatic N) is 3. The second-order valence-corrected chi connectivity index (χ2v) is 7.08. The van der Waals surface area contributed by atoms with Crippen molar-refractivity contribution >= 4 is 40.4 Å². The zero-order chi connectivity index (χ0) is 21.5. The van der Waals surface area contributed by atoms with E-state index in [1.165, 1.54) is 18.2 Å². The van der Waals surface area contributed by atoms with Crippen molar-refractivity contribution < 1.29 is 18.0 Å². The second kappa shape index (κ2) is 7.62. The summed E-state index contributed by atoms with van der Waals surface area (Å²) in [5.74, 6) is -0.686. The summed E-state index contributed by atoms with van der Waals surface area (Å²) in [6.45, 7) is 0. The Hall–Kier alpha value is -3.10. The lowest BCUT2D eigenvalue weighted by Crippen LogP contribution is -2.15. The molecule has 2 aromatic carbocycles. The number of carbonyl (C=O) groups excluding carboxylic acids is 1. The molecule has 152 valence electrons. The van der Waals surface area contributed by atoms with Crippen LogP contribution in [0.4, 0.5) is 18.9 Å². The minimum atomic E-state index is -4.70. The van der Waals surface area contributed by atoms with Crippen molar-refractivity contribution in [3.05, 3.63) is 82.1 Å². The predicted octanol–water partition coefficient (Wildman–Crippen LogP) is 5.97. The molecule has 4 aromatic rings. The molecule has 0 aliphatic rings. The fourth-order valence-corrected chi connectivity index (χ4v) is 3.15. The molecule has 0 fully saturated rings. The Bertz CT molecular complexity index is 1260. The average molecular weight is 451 g/mol. The molecule has 10 heteroatoms. The standard InChI is InChI=1S/C20H11Cl2F3N4O/c21-14-7-6-12(8-15(14)22)27-19(30)13-10-26-29-17(20(23,24)25)9-16(28-18(13)29)11-4-2-1-3-5-11/h1-10H,(H,27,30). The quantitative estimate of drug-likeness (QED) is 0.417. The Kier molecular flexibility index (Phi) is 5.13. The van der Waals surface area contributed by atoms with Crippen molar-refractivity contribution in [1.29, 1.82) is 0 Å². The molecular weight excluding hydrogens is 440 g/mol. The summed E-state index contributed by atoms with van der Waals surface area (Å²) in [5.41, 5.74) is -0.517. The number of aromatic nitrogens is 3. The van der Waals surface area contributed by atoms with Gasteiger partial charge in [0.2, 0.25) is 0 Å². The van der Waals surface area contributed by atoms with E-state index in [9.17, 15) is 18.0 Å². The lowest BCUT2D eigenvalue weighted by Gasteiger charge is -2.12. The maximum absolute atomic E-state index is 13.6. The van der Waals surface area contributed by atoms with E-state index in [0.717, 1.165) is 12.3 Å². The van der Waals surface area contributed by atoms with Crippen LogP contribution >= 0.6 is 23.2 Å². The number of benzene rings is 2. The number of hydrogen-bond acceptors (Lipinski definition) is 3. The van der Waals surface area contributed by atoms with Gasteiger partial charge in [-0.05, 0) is 24.3 Å². The van der Waals surface area contributed by atoms with Crippen LogP contribution in [0, 0.1) is 0 Å². The number of fused-ring (bicyclic) bond motifs is 1. The summed E-state index contributed by atoms with van der Waals surface area (Å²) in [6.07, 6.45) is -3.66. The van der Waals surface area contributed by atoms with Gasteiger partial charge in [0.05, 0.1) is 21.9 Å².